The van der Waals surface area contributed by atoms with Gasteiger partial charge in [-0.05, 0) is 30.8 Å². The van der Waals surface area contributed by atoms with E-state index in [-0.39, 0.29) is 6.04 Å². The lowest BCUT2D eigenvalue weighted by atomic mass is 10.0. The Morgan fingerprint density at radius 3 is 2.71 bits per heavy atom. The SMILES string of the molecule is CNC(Cc1ccco1)c1cccc(Cl)c1Cl. The zero-order chi connectivity index (χ0) is 12.3. The summed E-state index contributed by atoms with van der Waals surface area (Å²) in [4.78, 5) is 0. The smallest absolute Gasteiger partial charge is 0.105 e. The Balaban J connectivity index is 2.26. The second-order valence-corrected chi connectivity index (χ2v) is 4.55. The molecule has 1 N–H and O–H groups in total. The minimum atomic E-state index is 0.0901. The maximum Gasteiger partial charge on any atom is 0.105 e. The van der Waals surface area contributed by atoms with Crippen LogP contribution in [0.4, 0.5) is 0 Å². The summed E-state index contributed by atoms with van der Waals surface area (Å²) in [6.07, 6.45) is 2.41. The minimum Gasteiger partial charge on any atom is -0.469 e. The summed E-state index contributed by atoms with van der Waals surface area (Å²) in [5.74, 6) is 0.917. The lowest BCUT2D eigenvalue weighted by Crippen LogP contribution is -2.19. The summed E-state index contributed by atoms with van der Waals surface area (Å²) < 4.78 is 5.34. The highest BCUT2D eigenvalue weighted by molar-refractivity contribution is 6.42. The highest BCUT2D eigenvalue weighted by Gasteiger charge is 2.16. The lowest BCUT2D eigenvalue weighted by molar-refractivity contribution is 0.466. The molecule has 0 spiro atoms. The van der Waals surface area contributed by atoms with Crippen LogP contribution in [0, 0.1) is 0 Å². The minimum absolute atomic E-state index is 0.0901. The van der Waals surface area contributed by atoms with Crippen molar-refractivity contribution in [2.45, 2.75) is 12.5 Å². The van der Waals surface area contributed by atoms with Crippen LogP contribution in [0.3, 0.4) is 0 Å². The van der Waals surface area contributed by atoms with Crippen molar-refractivity contribution >= 4 is 23.2 Å². The van der Waals surface area contributed by atoms with Gasteiger partial charge in [0.2, 0.25) is 0 Å². The lowest BCUT2D eigenvalue weighted by Gasteiger charge is -2.17. The molecule has 2 nitrogen and oxygen atoms in total. The van der Waals surface area contributed by atoms with Gasteiger partial charge in [0.1, 0.15) is 5.76 Å². The van der Waals surface area contributed by atoms with Crippen LogP contribution in [0.25, 0.3) is 0 Å². The fourth-order valence-corrected chi connectivity index (χ4v) is 2.23. The fourth-order valence-electron chi connectivity index (χ4n) is 1.79. The van der Waals surface area contributed by atoms with E-state index in [1.54, 1.807) is 12.3 Å². The van der Waals surface area contributed by atoms with Gasteiger partial charge in [-0.2, -0.15) is 0 Å². The Morgan fingerprint density at radius 2 is 2.06 bits per heavy atom. The summed E-state index contributed by atoms with van der Waals surface area (Å²) in [6, 6.07) is 9.57. The third-order valence-corrected chi connectivity index (χ3v) is 3.52. The molecule has 4 heteroatoms. The number of furan rings is 1. The highest BCUT2D eigenvalue weighted by Crippen LogP contribution is 2.31. The van der Waals surface area contributed by atoms with E-state index in [9.17, 15) is 0 Å². The second kappa shape index (κ2) is 5.58. The van der Waals surface area contributed by atoms with Crippen molar-refractivity contribution in [1.82, 2.24) is 5.32 Å². The van der Waals surface area contributed by atoms with E-state index in [0.717, 1.165) is 17.7 Å². The summed E-state index contributed by atoms with van der Waals surface area (Å²) in [7, 11) is 1.89. The molecule has 0 saturated heterocycles. The van der Waals surface area contributed by atoms with E-state index in [4.69, 9.17) is 27.6 Å². The van der Waals surface area contributed by atoms with Gasteiger partial charge in [-0.15, -0.1) is 0 Å². The van der Waals surface area contributed by atoms with Gasteiger partial charge in [0, 0.05) is 12.5 Å². The predicted molar refractivity (Wildman–Crippen MR) is 70.7 cm³/mol. The van der Waals surface area contributed by atoms with Crippen LogP contribution in [-0.2, 0) is 6.42 Å². The number of rotatable bonds is 4. The molecule has 0 aliphatic rings. The molecular formula is C13H13Cl2NO. The zero-order valence-electron chi connectivity index (χ0n) is 9.41. The predicted octanol–water partition coefficient (Wildman–Crippen LogP) is 4.09. The molecule has 0 aliphatic carbocycles. The van der Waals surface area contributed by atoms with Crippen LogP contribution in [0.5, 0.6) is 0 Å². The van der Waals surface area contributed by atoms with Crippen molar-refractivity contribution in [2.24, 2.45) is 0 Å². The average molecular weight is 270 g/mol. The van der Waals surface area contributed by atoms with Gasteiger partial charge in [0.15, 0.2) is 0 Å². The number of likely N-dealkylation sites (N-methyl/N-ethyl adjacent to an activating group) is 1. The fraction of sp³-hybridized carbons (Fsp3) is 0.231. The molecule has 0 bridgehead atoms. The molecule has 2 aromatic rings. The third kappa shape index (κ3) is 2.83. The molecule has 0 saturated carbocycles. The van der Waals surface area contributed by atoms with Gasteiger partial charge >= 0.3 is 0 Å². The molecule has 0 amide bonds. The van der Waals surface area contributed by atoms with Gasteiger partial charge in [0.05, 0.1) is 16.3 Å². The van der Waals surface area contributed by atoms with Gasteiger partial charge in [-0.1, -0.05) is 35.3 Å². The normalized spacial score (nSPS) is 12.6. The zero-order valence-corrected chi connectivity index (χ0v) is 10.9. The Labute approximate surface area is 111 Å². The molecule has 1 aromatic carbocycles. The third-order valence-electron chi connectivity index (χ3n) is 2.69. The molecule has 90 valence electrons. The summed E-state index contributed by atoms with van der Waals surface area (Å²) in [5, 5.41) is 4.39. The summed E-state index contributed by atoms with van der Waals surface area (Å²) in [6.45, 7) is 0. The largest absolute Gasteiger partial charge is 0.469 e. The van der Waals surface area contributed by atoms with E-state index in [0.29, 0.717) is 10.0 Å². The first-order valence-corrected chi connectivity index (χ1v) is 6.11. The average Bonchev–Trinajstić information content (AvgIpc) is 2.83. The van der Waals surface area contributed by atoms with Crippen LogP contribution >= 0.6 is 23.2 Å². The van der Waals surface area contributed by atoms with Crippen LogP contribution in [-0.4, -0.2) is 7.05 Å². The highest BCUT2D eigenvalue weighted by atomic mass is 35.5. The number of nitrogens with one attached hydrogen (secondary N) is 1. The van der Waals surface area contributed by atoms with Crippen molar-refractivity contribution in [1.29, 1.82) is 0 Å². The quantitative estimate of drug-likeness (QED) is 0.905. The van der Waals surface area contributed by atoms with E-state index in [2.05, 4.69) is 5.32 Å². The second-order valence-electron chi connectivity index (χ2n) is 3.77. The van der Waals surface area contributed by atoms with Gasteiger partial charge in [0.25, 0.3) is 0 Å². The van der Waals surface area contributed by atoms with E-state index in [1.165, 1.54) is 0 Å². The standard InChI is InChI=1S/C13H13Cl2NO/c1-16-12(8-9-4-3-7-17-9)10-5-2-6-11(14)13(10)15/h2-7,12,16H,8H2,1H3. The number of hydrogen-bond donors (Lipinski definition) is 1. The van der Waals surface area contributed by atoms with Crippen LogP contribution in [0.1, 0.15) is 17.4 Å². The molecule has 17 heavy (non-hydrogen) atoms. The van der Waals surface area contributed by atoms with Crippen LogP contribution in [0.2, 0.25) is 10.0 Å². The summed E-state index contributed by atoms with van der Waals surface area (Å²) >= 11 is 12.2. The Bertz CT molecular complexity index is 482. The molecule has 0 radical (unpaired) electrons. The van der Waals surface area contributed by atoms with Gasteiger partial charge < -0.3 is 9.73 Å². The van der Waals surface area contributed by atoms with Crippen molar-refractivity contribution in [3.8, 4) is 0 Å². The van der Waals surface area contributed by atoms with E-state index >= 15 is 0 Å². The monoisotopic (exact) mass is 269 g/mol. The molecule has 2 rings (SSSR count). The molecule has 1 atom stereocenters. The number of halogens is 2. The van der Waals surface area contributed by atoms with E-state index < -0.39 is 0 Å². The molecular weight excluding hydrogens is 257 g/mol. The maximum absolute atomic E-state index is 6.20. The van der Waals surface area contributed by atoms with Gasteiger partial charge in [-0.25, -0.2) is 0 Å². The van der Waals surface area contributed by atoms with Crippen molar-refractivity contribution < 1.29 is 4.42 Å². The maximum atomic E-state index is 6.20. The summed E-state index contributed by atoms with van der Waals surface area (Å²) in [5.41, 5.74) is 0.984. The number of hydrogen-bond acceptors (Lipinski definition) is 2. The molecule has 1 unspecified atom stereocenters. The van der Waals surface area contributed by atoms with E-state index in [1.807, 2.05) is 31.3 Å². The Morgan fingerprint density at radius 1 is 1.24 bits per heavy atom. The van der Waals surface area contributed by atoms with Crippen molar-refractivity contribution in [3.05, 3.63) is 58.0 Å². The first kappa shape index (κ1) is 12.5. The van der Waals surface area contributed by atoms with Gasteiger partial charge in [-0.3, -0.25) is 0 Å². The molecule has 1 heterocycles. The Kier molecular flexibility index (Phi) is 4.11. The van der Waals surface area contributed by atoms with Crippen molar-refractivity contribution in [2.75, 3.05) is 7.05 Å². The topological polar surface area (TPSA) is 25.2 Å². The molecule has 0 aliphatic heterocycles. The molecule has 0 fully saturated rings. The van der Waals surface area contributed by atoms with Crippen LogP contribution in [0.15, 0.2) is 41.0 Å². The molecule has 1 aromatic heterocycles. The van der Waals surface area contributed by atoms with Crippen molar-refractivity contribution in [3.63, 3.8) is 0 Å². The number of benzene rings is 1. The van der Waals surface area contributed by atoms with Crippen LogP contribution < -0.4 is 5.32 Å². The Hall–Kier alpha value is -0.960. The first-order valence-electron chi connectivity index (χ1n) is 5.36. The first-order chi connectivity index (χ1) is 8.22.